The van der Waals surface area contributed by atoms with E-state index in [0.717, 1.165) is 45.2 Å². The summed E-state index contributed by atoms with van der Waals surface area (Å²) in [6, 6.07) is 14.8. The lowest BCUT2D eigenvalue weighted by Crippen LogP contribution is -2.32. The van der Waals surface area contributed by atoms with Gasteiger partial charge in [-0.25, -0.2) is 9.59 Å². The third kappa shape index (κ3) is 7.86. The molecule has 1 heterocycles. The van der Waals surface area contributed by atoms with Crippen LogP contribution < -0.4 is 10.9 Å². The molecule has 0 radical (unpaired) electrons. The maximum Gasteiger partial charge on any atom is 0.328 e. The third-order valence-corrected chi connectivity index (χ3v) is 5.08. The first kappa shape index (κ1) is 24.1. The highest BCUT2D eigenvalue weighted by Crippen LogP contribution is 2.28. The van der Waals surface area contributed by atoms with Gasteiger partial charge in [0.25, 0.3) is 5.56 Å². The number of carbonyl (C=O) groups is 2. The predicted octanol–water partition coefficient (Wildman–Crippen LogP) is 3.18. The van der Waals surface area contributed by atoms with Crippen LogP contribution in [0, 0.1) is 0 Å². The average molecular weight is 427 g/mol. The summed E-state index contributed by atoms with van der Waals surface area (Å²) in [4.78, 5) is 31.2. The summed E-state index contributed by atoms with van der Waals surface area (Å²) < 4.78 is 1.99. The van der Waals surface area contributed by atoms with Crippen LogP contribution in [-0.2, 0) is 29.0 Å². The van der Waals surface area contributed by atoms with Crippen LogP contribution in [0.15, 0.2) is 59.4 Å². The van der Waals surface area contributed by atoms with E-state index in [2.05, 4.69) is 42.6 Å². The van der Waals surface area contributed by atoms with E-state index >= 15 is 0 Å². The van der Waals surface area contributed by atoms with Gasteiger partial charge in [0.1, 0.15) is 0 Å². The number of nitrogens with zero attached hydrogens (tertiary/aromatic N) is 1. The average Bonchev–Trinajstić information content (AvgIpc) is 2.76. The molecule has 0 amide bonds. The molecule has 2 aromatic rings. The number of nitrogens with one attached hydrogen (secondary N) is 1. The van der Waals surface area contributed by atoms with Gasteiger partial charge in [0.15, 0.2) is 0 Å². The van der Waals surface area contributed by atoms with Gasteiger partial charge in [-0.2, -0.15) is 0 Å². The summed E-state index contributed by atoms with van der Waals surface area (Å²) >= 11 is 0. The van der Waals surface area contributed by atoms with Crippen LogP contribution >= 0.6 is 0 Å². The summed E-state index contributed by atoms with van der Waals surface area (Å²) in [6.07, 6.45) is 6.51. The zero-order valence-corrected chi connectivity index (χ0v) is 17.8. The molecule has 1 aliphatic rings. The monoisotopic (exact) mass is 426 g/mol. The second-order valence-corrected chi connectivity index (χ2v) is 7.37. The lowest BCUT2D eigenvalue weighted by atomic mass is 9.90. The highest BCUT2D eigenvalue weighted by Gasteiger charge is 2.22. The molecule has 1 unspecified atom stereocenters. The maximum absolute atomic E-state index is 12.1. The molecule has 31 heavy (non-hydrogen) atoms. The topological polar surface area (TPSA) is 109 Å². The molecule has 0 saturated heterocycles. The fourth-order valence-electron chi connectivity index (χ4n) is 3.72. The van der Waals surface area contributed by atoms with Gasteiger partial charge in [0.2, 0.25) is 0 Å². The van der Waals surface area contributed by atoms with Crippen molar-refractivity contribution < 1.29 is 19.8 Å². The summed E-state index contributed by atoms with van der Waals surface area (Å²) in [5, 5.41) is 19.3. The second-order valence-electron chi connectivity index (χ2n) is 7.37. The number of carboxylic acids is 2. The molecule has 3 N–H and O–H groups in total. The molecule has 0 aliphatic heterocycles. The number of benzene rings is 1. The van der Waals surface area contributed by atoms with Gasteiger partial charge in [0.05, 0.1) is 0 Å². The normalized spacial score (nSPS) is 15.1. The molecule has 7 nitrogen and oxygen atoms in total. The van der Waals surface area contributed by atoms with Crippen LogP contribution in [0.1, 0.15) is 49.0 Å². The van der Waals surface area contributed by atoms with E-state index in [-0.39, 0.29) is 5.56 Å². The van der Waals surface area contributed by atoms with E-state index in [4.69, 9.17) is 10.2 Å². The van der Waals surface area contributed by atoms with Crippen molar-refractivity contribution in [3.05, 3.63) is 81.8 Å². The Morgan fingerprint density at radius 2 is 1.77 bits per heavy atom. The Bertz CT molecular complexity index is 934. The number of aliphatic carboxylic acids is 2. The summed E-state index contributed by atoms with van der Waals surface area (Å²) in [5.74, 6) is -2.51. The second kappa shape index (κ2) is 12.5. The van der Waals surface area contributed by atoms with Crippen molar-refractivity contribution in [2.75, 3.05) is 6.54 Å². The minimum atomic E-state index is -1.26. The zero-order valence-electron chi connectivity index (χ0n) is 17.8. The third-order valence-electron chi connectivity index (χ3n) is 5.08. The first-order chi connectivity index (χ1) is 14.9. The molecule has 1 aromatic carbocycles. The Morgan fingerprint density at radius 3 is 2.39 bits per heavy atom. The van der Waals surface area contributed by atoms with Gasteiger partial charge in [-0.1, -0.05) is 43.3 Å². The molecule has 7 heteroatoms. The zero-order chi connectivity index (χ0) is 22.6. The number of aromatic nitrogens is 1. The van der Waals surface area contributed by atoms with Crippen molar-refractivity contribution in [3.8, 4) is 0 Å². The van der Waals surface area contributed by atoms with Crippen LogP contribution in [0.3, 0.4) is 0 Å². The summed E-state index contributed by atoms with van der Waals surface area (Å²) in [5.41, 5.74) is 4.10. The van der Waals surface area contributed by atoms with Crippen molar-refractivity contribution >= 4 is 11.9 Å². The Morgan fingerprint density at radius 1 is 1.10 bits per heavy atom. The molecule has 0 fully saturated rings. The smallest absolute Gasteiger partial charge is 0.328 e. The van der Waals surface area contributed by atoms with Crippen molar-refractivity contribution in [1.29, 1.82) is 0 Å². The molecule has 0 spiro atoms. The van der Waals surface area contributed by atoms with E-state index in [1.54, 1.807) is 6.07 Å². The summed E-state index contributed by atoms with van der Waals surface area (Å²) in [6.45, 7) is 3.93. The molecule has 1 aromatic heterocycles. The Hall–Kier alpha value is -3.19. The number of pyridine rings is 1. The Balaban J connectivity index is 0.000000366. The number of fused-ring (bicyclic) bond motifs is 1. The van der Waals surface area contributed by atoms with Crippen molar-refractivity contribution in [2.24, 2.45) is 0 Å². The first-order valence-electron chi connectivity index (χ1n) is 10.6. The number of carboxylic acid groups (broad SMARTS) is 2. The van der Waals surface area contributed by atoms with E-state index in [1.165, 1.54) is 16.8 Å². The highest BCUT2D eigenvalue weighted by molar-refractivity contribution is 5.89. The van der Waals surface area contributed by atoms with E-state index in [0.29, 0.717) is 18.2 Å². The van der Waals surface area contributed by atoms with Crippen LogP contribution in [0.4, 0.5) is 0 Å². The quantitative estimate of drug-likeness (QED) is 0.560. The lowest BCUT2D eigenvalue weighted by Gasteiger charge is -2.28. The van der Waals surface area contributed by atoms with Gasteiger partial charge in [0, 0.05) is 36.5 Å². The van der Waals surface area contributed by atoms with E-state index in [1.807, 2.05) is 10.6 Å². The SMILES string of the molecule is CCCn1c2c(ccc1=O)C(NCCc1ccccc1)CCC2.O=C(O)/C=C/C(=O)O. The molecule has 0 bridgehead atoms. The van der Waals surface area contributed by atoms with Gasteiger partial charge in [-0.15, -0.1) is 0 Å². The number of rotatable bonds is 8. The van der Waals surface area contributed by atoms with Crippen LogP contribution in [0.5, 0.6) is 0 Å². The molecule has 1 aliphatic carbocycles. The minimum absolute atomic E-state index is 0.149. The first-order valence-corrected chi connectivity index (χ1v) is 10.6. The maximum atomic E-state index is 12.1. The highest BCUT2D eigenvalue weighted by atomic mass is 16.4. The molecule has 0 saturated carbocycles. The van der Waals surface area contributed by atoms with Gasteiger partial charge < -0.3 is 20.1 Å². The van der Waals surface area contributed by atoms with Gasteiger partial charge in [-0.3, -0.25) is 4.79 Å². The van der Waals surface area contributed by atoms with Gasteiger partial charge in [-0.05, 0) is 49.8 Å². The molecular formula is C24H30N2O5. The fraction of sp³-hybridized carbons (Fsp3) is 0.375. The van der Waals surface area contributed by atoms with Crippen molar-refractivity contribution in [1.82, 2.24) is 9.88 Å². The lowest BCUT2D eigenvalue weighted by molar-refractivity contribution is -0.134. The fourth-order valence-corrected chi connectivity index (χ4v) is 3.72. The summed E-state index contributed by atoms with van der Waals surface area (Å²) in [7, 11) is 0. The molecule has 1 atom stereocenters. The van der Waals surface area contributed by atoms with E-state index < -0.39 is 11.9 Å². The van der Waals surface area contributed by atoms with Crippen LogP contribution in [0.25, 0.3) is 0 Å². The predicted molar refractivity (Wildman–Crippen MR) is 119 cm³/mol. The largest absolute Gasteiger partial charge is 0.478 e. The standard InChI is InChI=1S/C20H26N2O.C4H4O4/c1-2-15-22-19-10-6-9-18(17(19)11-12-20(22)23)21-14-13-16-7-4-3-5-8-16;5-3(6)1-2-4(7)8/h3-5,7-8,11-12,18,21H,2,6,9-10,13-15H2,1H3;1-2H,(H,5,6)(H,7,8)/b;2-1+. The van der Waals surface area contributed by atoms with Crippen LogP contribution in [0.2, 0.25) is 0 Å². The Labute approximate surface area is 182 Å². The molecule has 166 valence electrons. The van der Waals surface area contributed by atoms with E-state index in [9.17, 15) is 14.4 Å². The van der Waals surface area contributed by atoms with Crippen molar-refractivity contribution in [3.63, 3.8) is 0 Å². The Kier molecular flexibility index (Phi) is 9.71. The van der Waals surface area contributed by atoms with Crippen LogP contribution in [-0.4, -0.2) is 33.3 Å². The number of hydrogen-bond donors (Lipinski definition) is 3. The number of hydrogen-bond acceptors (Lipinski definition) is 4. The molecule has 3 rings (SSSR count). The van der Waals surface area contributed by atoms with Gasteiger partial charge >= 0.3 is 11.9 Å². The minimum Gasteiger partial charge on any atom is -0.478 e. The molecular weight excluding hydrogens is 396 g/mol. The van der Waals surface area contributed by atoms with Crippen molar-refractivity contribution in [2.45, 2.75) is 51.6 Å².